The fourth-order valence-electron chi connectivity index (χ4n) is 5.01. The van der Waals surface area contributed by atoms with Crippen LogP contribution in [-0.2, 0) is 36.9 Å². The molecule has 4 rings (SSSR count). The van der Waals surface area contributed by atoms with Crippen LogP contribution in [0, 0.1) is 0 Å². The minimum absolute atomic E-state index is 0.0691. The quantitative estimate of drug-likeness (QED) is 0.435. The zero-order valence-electron chi connectivity index (χ0n) is 20.6. The third kappa shape index (κ3) is 5.43. The monoisotopic (exact) mass is 480 g/mol. The number of aliphatic hydroxyl groups is 1. The van der Waals surface area contributed by atoms with Gasteiger partial charge in [0.05, 0.1) is 19.8 Å². The van der Waals surface area contributed by atoms with Crippen molar-refractivity contribution < 1.29 is 28.8 Å². The minimum Gasteiger partial charge on any atom is -0.386 e. The second kappa shape index (κ2) is 10.7. The lowest BCUT2D eigenvalue weighted by atomic mass is 9.74. The van der Waals surface area contributed by atoms with E-state index in [9.17, 15) is 5.11 Å². The molecule has 2 aliphatic heterocycles. The van der Waals surface area contributed by atoms with E-state index in [4.69, 9.17) is 23.7 Å². The average Bonchev–Trinajstić information content (AvgIpc) is 3.28. The van der Waals surface area contributed by atoms with Crippen LogP contribution in [0.1, 0.15) is 37.8 Å². The van der Waals surface area contributed by atoms with Gasteiger partial charge < -0.3 is 28.8 Å². The van der Waals surface area contributed by atoms with Gasteiger partial charge in [0.15, 0.2) is 17.7 Å². The lowest BCUT2D eigenvalue weighted by Gasteiger charge is -2.47. The van der Waals surface area contributed by atoms with Crippen LogP contribution in [0.3, 0.4) is 0 Å². The summed E-state index contributed by atoms with van der Waals surface area (Å²) in [5, 5.41) is 12.1. The molecule has 6 heteroatoms. The first-order valence-electron chi connectivity index (χ1n) is 12.1. The highest BCUT2D eigenvalue weighted by molar-refractivity contribution is 5.19. The standard InChI is InChI=1S/C29H36O6/c1-5-17-28(30,18-6-2)29(21-31-19-22-13-9-7-10-14-22)25(32-20-23-15-11-8-12-16-23)24-26(35-29)34-27(3,4)33-24/h5-16,24-26,30H,1-2,17-21H2,3-4H3/t24?,25?,26?,29-/m0/s1. The summed E-state index contributed by atoms with van der Waals surface area (Å²) < 4.78 is 31.6. The second-order valence-electron chi connectivity index (χ2n) is 9.69. The van der Waals surface area contributed by atoms with Gasteiger partial charge in [-0.2, -0.15) is 0 Å². The predicted octanol–water partition coefficient (Wildman–Crippen LogP) is 4.92. The van der Waals surface area contributed by atoms with Crippen LogP contribution in [0.2, 0.25) is 0 Å². The first-order chi connectivity index (χ1) is 16.8. The molecule has 0 aromatic heterocycles. The highest BCUT2D eigenvalue weighted by Gasteiger charge is 2.69. The zero-order valence-corrected chi connectivity index (χ0v) is 20.6. The largest absolute Gasteiger partial charge is 0.386 e. The normalized spacial score (nSPS) is 27.5. The van der Waals surface area contributed by atoms with Gasteiger partial charge in [-0.1, -0.05) is 72.8 Å². The van der Waals surface area contributed by atoms with Gasteiger partial charge in [-0.05, 0) is 37.8 Å². The van der Waals surface area contributed by atoms with E-state index in [2.05, 4.69) is 13.2 Å². The van der Waals surface area contributed by atoms with Gasteiger partial charge in [0.2, 0.25) is 0 Å². The molecule has 2 aromatic rings. The van der Waals surface area contributed by atoms with Gasteiger partial charge in [0.25, 0.3) is 0 Å². The molecule has 0 spiro atoms. The van der Waals surface area contributed by atoms with Crippen LogP contribution in [0.25, 0.3) is 0 Å². The molecule has 188 valence electrons. The SMILES string of the molecule is C=CCC(O)(CC=C)[C@@]1(COCc2ccccc2)OC2OC(C)(C)OC2C1OCc1ccccc1. The summed E-state index contributed by atoms with van der Waals surface area (Å²) >= 11 is 0. The predicted molar refractivity (Wildman–Crippen MR) is 133 cm³/mol. The molecule has 0 aliphatic carbocycles. The van der Waals surface area contributed by atoms with Crippen molar-refractivity contribution in [3.63, 3.8) is 0 Å². The zero-order chi connectivity index (χ0) is 24.9. The van der Waals surface area contributed by atoms with Crippen molar-refractivity contribution in [2.75, 3.05) is 6.61 Å². The van der Waals surface area contributed by atoms with E-state index in [0.717, 1.165) is 11.1 Å². The van der Waals surface area contributed by atoms with Crippen LogP contribution in [0.15, 0.2) is 86.0 Å². The van der Waals surface area contributed by atoms with Gasteiger partial charge in [-0.15, -0.1) is 13.2 Å². The molecule has 4 atom stereocenters. The van der Waals surface area contributed by atoms with E-state index in [1.165, 1.54) is 0 Å². The molecule has 2 saturated heterocycles. The molecule has 2 heterocycles. The molecule has 6 nitrogen and oxygen atoms in total. The molecular weight excluding hydrogens is 444 g/mol. The average molecular weight is 481 g/mol. The van der Waals surface area contributed by atoms with Crippen LogP contribution < -0.4 is 0 Å². The lowest BCUT2D eigenvalue weighted by Crippen LogP contribution is -2.64. The van der Waals surface area contributed by atoms with Crippen molar-refractivity contribution >= 4 is 0 Å². The third-order valence-corrected chi connectivity index (χ3v) is 6.62. The fourth-order valence-corrected chi connectivity index (χ4v) is 5.01. The second-order valence-corrected chi connectivity index (χ2v) is 9.69. The molecular formula is C29H36O6. The van der Waals surface area contributed by atoms with E-state index in [1.54, 1.807) is 12.2 Å². The Morgan fingerprint density at radius 2 is 1.46 bits per heavy atom. The van der Waals surface area contributed by atoms with Crippen LogP contribution in [0.4, 0.5) is 0 Å². The molecule has 2 fully saturated rings. The van der Waals surface area contributed by atoms with Crippen molar-refractivity contribution in [3.05, 3.63) is 97.1 Å². The van der Waals surface area contributed by atoms with Gasteiger partial charge in [-0.3, -0.25) is 0 Å². The maximum absolute atomic E-state index is 12.1. The number of benzene rings is 2. The first-order valence-corrected chi connectivity index (χ1v) is 12.1. The Morgan fingerprint density at radius 1 is 0.886 bits per heavy atom. The molecule has 0 radical (unpaired) electrons. The summed E-state index contributed by atoms with van der Waals surface area (Å²) in [5.41, 5.74) is -0.669. The maximum Gasteiger partial charge on any atom is 0.190 e. The van der Waals surface area contributed by atoms with Crippen molar-refractivity contribution in [2.24, 2.45) is 0 Å². The van der Waals surface area contributed by atoms with E-state index in [1.807, 2.05) is 74.5 Å². The number of ether oxygens (including phenoxy) is 5. The molecule has 2 aromatic carbocycles. The summed E-state index contributed by atoms with van der Waals surface area (Å²) in [7, 11) is 0. The van der Waals surface area contributed by atoms with Gasteiger partial charge >= 0.3 is 0 Å². The Bertz CT molecular complexity index is 965. The molecule has 1 N–H and O–H groups in total. The smallest absolute Gasteiger partial charge is 0.190 e. The minimum atomic E-state index is -1.41. The Balaban J connectivity index is 1.68. The first kappa shape index (κ1) is 25.8. The molecule has 0 bridgehead atoms. The molecule has 2 aliphatic rings. The molecule has 35 heavy (non-hydrogen) atoms. The van der Waals surface area contributed by atoms with Crippen LogP contribution in [-0.4, -0.2) is 47.2 Å². The van der Waals surface area contributed by atoms with Crippen molar-refractivity contribution in [1.29, 1.82) is 0 Å². The van der Waals surface area contributed by atoms with Gasteiger partial charge in [0.1, 0.15) is 17.8 Å². The summed E-state index contributed by atoms with van der Waals surface area (Å²) in [4.78, 5) is 0. The summed E-state index contributed by atoms with van der Waals surface area (Å²) in [6, 6.07) is 19.8. The van der Waals surface area contributed by atoms with Crippen molar-refractivity contribution in [3.8, 4) is 0 Å². The van der Waals surface area contributed by atoms with E-state index in [0.29, 0.717) is 13.2 Å². The highest BCUT2D eigenvalue weighted by Crippen LogP contribution is 2.50. The third-order valence-electron chi connectivity index (χ3n) is 6.62. The topological polar surface area (TPSA) is 66.4 Å². The molecule has 0 saturated carbocycles. The van der Waals surface area contributed by atoms with Gasteiger partial charge in [0, 0.05) is 0 Å². The highest BCUT2D eigenvalue weighted by atomic mass is 16.8. The molecule has 3 unspecified atom stereocenters. The molecule has 0 amide bonds. The Morgan fingerprint density at radius 3 is 2.03 bits per heavy atom. The Labute approximate surface area is 208 Å². The van der Waals surface area contributed by atoms with Crippen LogP contribution in [0.5, 0.6) is 0 Å². The maximum atomic E-state index is 12.1. The van der Waals surface area contributed by atoms with Crippen LogP contribution >= 0.6 is 0 Å². The van der Waals surface area contributed by atoms with E-state index >= 15 is 0 Å². The fraction of sp³-hybridized carbons (Fsp3) is 0.448. The van der Waals surface area contributed by atoms with E-state index < -0.39 is 35.5 Å². The Kier molecular flexibility index (Phi) is 7.91. The summed E-state index contributed by atoms with van der Waals surface area (Å²) in [5.74, 6) is -0.838. The number of hydrogen-bond acceptors (Lipinski definition) is 6. The summed E-state index contributed by atoms with van der Waals surface area (Å²) in [6.07, 6.45) is 1.93. The van der Waals surface area contributed by atoms with E-state index in [-0.39, 0.29) is 19.4 Å². The van der Waals surface area contributed by atoms with Crippen molar-refractivity contribution in [1.82, 2.24) is 0 Å². The summed E-state index contributed by atoms with van der Waals surface area (Å²) in [6.45, 7) is 12.2. The number of hydrogen-bond donors (Lipinski definition) is 1. The van der Waals surface area contributed by atoms with Crippen molar-refractivity contribution in [2.45, 2.75) is 75.4 Å². The lowest BCUT2D eigenvalue weighted by molar-refractivity contribution is -0.297. The van der Waals surface area contributed by atoms with Gasteiger partial charge in [-0.25, -0.2) is 0 Å². The Hall–Kier alpha value is -2.32. The number of rotatable bonds is 12. The number of fused-ring (bicyclic) bond motifs is 1.